The molecule has 0 unspecified atom stereocenters. The second-order valence-electron chi connectivity index (χ2n) is 6.99. The average Bonchev–Trinajstić information content (AvgIpc) is 2.98. The number of rotatable bonds is 5. The number of carbonyl (C=O) groups is 2. The maximum Gasteiger partial charge on any atom is 0.260 e. The number of nitrogens with one attached hydrogen (secondary N) is 1. The van der Waals surface area contributed by atoms with Crippen molar-refractivity contribution in [3.05, 3.63) is 58.6 Å². The molecule has 1 saturated heterocycles. The molecule has 0 spiro atoms. The molecule has 2 amide bonds. The van der Waals surface area contributed by atoms with E-state index in [0.717, 1.165) is 44.3 Å². The number of nitrogens with zero attached hydrogens (tertiary/aromatic N) is 1. The zero-order valence-corrected chi connectivity index (χ0v) is 16.8. The van der Waals surface area contributed by atoms with Crippen molar-refractivity contribution in [3.8, 4) is 5.75 Å². The molecule has 0 bridgehead atoms. The number of ether oxygens (including phenoxy) is 1. The van der Waals surface area contributed by atoms with Crippen LogP contribution >= 0.6 is 11.6 Å². The van der Waals surface area contributed by atoms with Crippen LogP contribution in [0.3, 0.4) is 0 Å². The summed E-state index contributed by atoms with van der Waals surface area (Å²) < 4.78 is 5.73. The molecule has 0 saturated carbocycles. The molecule has 1 aliphatic rings. The minimum absolute atomic E-state index is 0.0391. The minimum Gasteiger partial charge on any atom is -0.483 e. The van der Waals surface area contributed by atoms with Crippen LogP contribution in [0.1, 0.15) is 41.6 Å². The number of likely N-dealkylation sites (tertiary alicyclic amines) is 1. The largest absolute Gasteiger partial charge is 0.483 e. The SMILES string of the molecule is Cc1ccc(Cl)cc1NC(=O)c1ccccc1OCC(=O)N1CCCCCC1. The number of benzene rings is 2. The van der Waals surface area contributed by atoms with Gasteiger partial charge in [0.05, 0.1) is 5.56 Å². The highest BCUT2D eigenvalue weighted by Gasteiger charge is 2.18. The van der Waals surface area contributed by atoms with Gasteiger partial charge in [-0.25, -0.2) is 0 Å². The van der Waals surface area contributed by atoms with Crippen LogP contribution in [0.5, 0.6) is 5.75 Å². The van der Waals surface area contributed by atoms with Gasteiger partial charge >= 0.3 is 0 Å². The quantitative estimate of drug-likeness (QED) is 0.792. The molecule has 0 aromatic heterocycles. The third kappa shape index (κ3) is 5.26. The van der Waals surface area contributed by atoms with Crippen LogP contribution in [-0.2, 0) is 4.79 Å². The lowest BCUT2D eigenvalue weighted by Gasteiger charge is -2.20. The van der Waals surface area contributed by atoms with E-state index in [9.17, 15) is 9.59 Å². The third-order valence-corrected chi connectivity index (χ3v) is 5.12. The molecule has 2 aromatic rings. The Morgan fingerprint density at radius 3 is 2.54 bits per heavy atom. The maximum absolute atomic E-state index is 12.8. The number of hydrogen-bond donors (Lipinski definition) is 1. The summed E-state index contributed by atoms with van der Waals surface area (Å²) >= 11 is 6.03. The summed E-state index contributed by atoms with van der Waals surface area (Å²) in [6.45, 7) is 3.38. The minimum atomic E-state index is -0.303. The fraction of sp³-hybridized carbons (Fsp3) is 0.364. The smallest absolute Gasteiger partial charge is 0.260 e. The molecule has 1 N–H and O–H groups in total. The highest BCUT2D eigenvalue weighted by atomic mass is 35.5. The first kappa shape index (κ1) is 20.2. The topological polar surface area (TPSA) is 58.6 Å². The second-order valence-corrected chi connectivity index (χ2v) is 7.43. The highest BCUT2D eigenvalue weighted by molar-refractivity contribution is 6.31. The molecule has 2 aromatic carbocycles. The van der Waals surface area contributed by atoms with Gasteiger partial charge in [-0.15, -0.1) is 0 Å². The summed E-state index contributed by atoms with van der Waals surface area (Å²) in [5.41, 5.74) is 1.94. The van der Waals surface area contributed by atoms with E-state index in [4.69, 9.17) is 16.3 Å². The van der Waals surface area contributed by atoms with Crippen molar-refractivity contribution in [2.24, 2.45) is 0 Å². The Balaban J connectivity index is 1.67. The number of anilines is 1. The van der Waals surface area contributed by atoms with Gasteiger partial charge in [0.1, 0.15) is 5.75 Å². The molecule has 3 rings (SSSR count). The molecule has 1 heterocycles. The van der Waals surface area contributed by atoms with Gasteiger partial charge in [-0.3, -0.25) is 9.59 Å². The molecule has 5 nitrogen and oxygen atoms in total. The Morgan fingerprint density at radius 2 is 1.79 bits per heavy atom. The van der Waals surface area contributed by atoms with E-state index >= 15 is 0 Å². The zero-order chi connectivity index (χ0) is 19.9. The van der Waals surface area contributed by atoms with Gasteiger partial charge in [0.25, 0.3) is 11.8 Å². The summed E-state index contributed by atoms with van der Waals surface area (Å²) in [7, 11) is 0. The standard InChI is InChI=1S/C22H25ClN2O3/c1-16-10-11-17(23)14-19(16)24-22(27)18-8-4-5-9-20(18)28-15-21(26)25-12-6-2-3-7-13-25/h4-5,8-11,14H,2-3,6-7,12-13,15H2,1H3,(H,24,27). The lowest BCUT2D eigenvalue weighted by molar-refractivity contribution is -0.133. The molecule has 6 heteroatoms. The van der Waals surface area contributed by atoms with Gasteiger partial charge in [-0.05, 0) is 49.6 Å². The molecule has 1 fully saturated rings. The van der Waals surface area contributed by atoms with Crippen molar-refractivity contribution in [2.45, 2.75) is 32.6 Å². The predicted octanol–water partition coefficient (Wildman–Crippen LogP) is 4.68. The van der Waals surface area contributed by atoms with Gasteiger partial charge in [0, 0.05) is 23.8 Å². The first-order valence-electron chi connectivity index (χ1n) is 9.62. The van der Waals surface area contributed by atoms with Crippen molar-refractivity contribution in [3.63, 3.8) is 0 Å². The maximum atomic E-state index is 12.8. The number of carbonyl (C=O) groups excluding carboxylic acids is 2. The number of amides is 2. The van der Waals surface area contributed by atoms with Crippen LogP contribution in [0.25, 0.3) is 0 Å². The molecule has 0 aliphatic carbocycles. The number of halogens is 1. The third-order valence-electron chi connectivity index (χ3n) is 4.89. The Hall–Kier alpha value is -2.53. The van der Waals surface area contributed by atoms with Crippen molar-refractivity contribution in [2.75, 3.05) is 25.0 Å². The molecule has 148 valence electrons. The first-order valence-corrected chi connectivity index (χ1v) is 9.99. The van der Waals surface area contributed by atoms with Crippen LogP contribution in [-0.4, -0.2) is 36.4 Å². The van der Waals surface area contributed by atoms with E-state index < -0.39 is 0 Å². The molecule has 1 aliphatic heterocycles. The van der Waals surface area contributed by atoms with Crippen LogP contribution in [0.2, 0.25) is 5.02 Å². The molecular weight excluding hydrogens is 376 g/mol. The van der Waals surface area contributed by atoms with Crippen LogP contribution in [0, 0.1) is 6.92 Å². The Bertz CT molecular complexity index is 845. The first-order chi connectivity index (χ1) is 13.5. The van der Waals surface area contributed by atoms with E-state index in [2.05, 4.69) is 5.32 Å². The normalized spacial score (nSPS) is 14.3. The summed E-state index contributed by atoms with van der Waals surface area (Å²) in [5, 5.41) is 3.42. The van der Waals surface area contributed by atoms with E-state index in [1.54, 1.807) is 36.4 Å². The van der Waals surface area contributed by atoms with Crippen molar-refractivity contribution >= 4 is 29.1 Å². The zero-order valence-electron chi connectivity index (χ0n) is 16.0. The van der Waals surface area contributed by atoms with Gasteiger partial charge in [-0.2, -0.15) is 0 Å². The Morgan fingerprint density at radius 1 is 1.07 bits per heavy atom. The monoisotopic (exact) mass is 400 g/mol. The average molecular weight is 401 g/mol. The van der Waals surface area contributed by atoms with E-state index in [-0.39, 0.29) is 18.4 Å². The van der Waals surface area contributed by atoms with Crippen LogP contribution in [0.4, 0.5) is 5.69 Å². The fourth-order valence-corrected chi connectivity index (χ4v) is 3.42. The van der Waals surface area contributed by atoms with Gasteiger partial charge in [0.2, 0.25) is 0 Å². The van der Waals surface area contributed by atoms with E-state index in [1.807, 2.05) is 17.9 Å². The molecule has 28 heavy (non-hydrogen) atoms. The Labute approximate surface area is 170 Å². The molecule has 0 radical (unpaired) electrons. The predicted molar refractivity (Wildman–Crippen MR) is 111 cm³/mol. The summed E-state index contributed by atoms with van der Waals surface area (Å²) in [6.07, 6.45) is 4.39. The van der Waals surface area contributed by atoms with Crippen molar-refractivity contribution < 1.29 is 14.3 Å². The van der Waals surface area contributed by atoms with Gasteiger partial charge < -0.3 is 15.0 Å². The lowest BCUT2D eigenvalue weighted by atomic mass is 10.1. The number of hydrogen-bond acceptors (Lipinski definition) is 3. The second kappa shape index (κ2) is 9.60. The van der Waals surface area contributed by atoms with Crippen molar-refractivity contribution in [1.82, 2.24) is 4.90 Å². The van der Waals surface area contributed by atoms with E-state index in [1.165, 1.54) is 0 Å². The summed E-state index contributed by atoms with van der Waals surface area (Å²) in [6, 6.07) is 12.3. The van der Waals surface area contributed by atoms with Crippen LogP contribution in [0.15, 0.2) is 42.5 Å². The van der Waals surface area contributed by atoms with Crippen molar-refractivity contribution in [1.29, 1.82) is 0 Å². The number of aryl methyl sites for hydroxylation is 1. The Kier molecular flexibility index (Phi) is 6.93. The molecular formula is C22H25ClN2O3. The van der Waals surface area contributed by atoms with Gasteiger partial charge in [-0.1, -0.05) is 42.6 Å². The molecule has 0 atom stereocenters. The van der Waals surface area contributed by atoms with Crippen LogP contribution < -0.4 is 10.1 Å². The number of para-hydroxylation sites is 1. The summed E-state index contributed by atoms with van der Waals surface area (Å²) in [4.78, 5) is 27.1. The van der Waals surface area contributed by atoms with E-state index in [0.29, 0.717) is 22.0 Å². The lowest BCUT2D eigenvalue weighted by Crippen LogP contribution is -2.35. The fourth-order valence-electron chi connectivity index (χ4n) is 3.25. The summed E-state index contributed by atoms with van der Waals surface area (Å²) in [5.74, 6) is 0.0499. The highest BCUT2D eigenvalue weighted by Crippen LogP contribution is 2.24. The van der Waals surface area contributed by atoms with Gasteiger partial charge in [0.15, 0.2) is 6.61 Å².